The maximum absolute atomic E-state index is 11.3. The summed E-state index contributed by atoms with van der Waals surface area (Å²) in [5, 5.41) is 9.62. The lowest BCUT2D eigenvalue weighted by molar-refractivity contribution is -0.149. The predicted molar refractivity (Wildman–Crippen MR) is 68.4 cm³/mol. The second-order valence-electron chi connectivity index (χ2n) is 4.32. The minimum Gasteiger partial charge on any atom is -0.482 e. The van der Waals surface area contributed by atoms with Crippen molar-refractivity contribution in [2.75, 3.05) is 6.61 Å². The lowest BCUT2D eigenvalue weighted by atomic mass is 10.1. The average Bonchev–Trinajstić information content (AvgIpc) is 2.35. The molecule has 0 heterocycles. The van der Waals surface area contributed by atoms with Gasteiger partial charge in [-0.25, -0.2) is 4.79 Å². The molecule has 0 aliphatic rings. The molecule has 1 atom stereocenters. The molecule has 0 aromatic heterocycles. The third-order valence-electron chi connectivity index (χ3n) is 2.38. The Bertz CT molecular complexity index is 370. The molecule has 0 saturated heterocycles. The van der Waals surface area contributed by atoms with Gasteiger partial charge < -0.3 is 14.6 Å². The fourth-order valence-corrected chi connectivity index (χ4v) is 1.46. The summed E-state index contributed by atoms with van der Waals surface area (Å²) in [6.07, 6.45) is 0.0779. The number of carbonyl (C=O) groups excluding carboxylic acids is 1. The van der Waals surface area contributed by atoms with E-state index in [0.29, 0.717) is 12.2 Å². The van der Waals surface area contributed by atoms with Crippen LogP contribution in [0.4, 0.5) is 0 Å². The van der Waals surface area contributed by atoms with E-state index in [4.69, 9.17) is 9.47 Å². The van der Waals surface area contributed by atoms with E-state index in [1.807, 2.05) is 6.92 Å². The van der Waals surface area contributed by atoms with Crippen LogP contribution in [0.3, 0.4) is 0 Å². The number of esters is 1. The van der Waals surface area contributed by atoms with Gasteiger partial charge in [-0.1, -0.05) is 19.1 Å². The third kappa shape index (κ3) is 4.75. The molecule has 1 aromatic carbocycles. The molecule has 1 rings (SSSR count). The van der Waals surface area contributed by atoms with Crippen LogP contribution in [0.2, 0.25) is 0 Å². The Morgan fingerprint density at radius 3 is 2.39 bits per heavy atom. The Labute approximate surface area is 108 Å². The minimum absolute atomic E-state index is 0.103. The minimum atomic E-state index is -0.454. The van der Waals surface area contributed by atoms with Gasteiger partial charge in [0.05, 0.1) is 12.2 Å². The molecule has 1 N–H and O–H groups in total. The number of hydrogen-bond donors (Lipinski definition) is 1. The Morgan fingerprint density at radius 2 is 1.89 bits per heavy atom. The van der Waals surface area contributed by atoms with Crippen LogP contribution in [0.5, 0.6) is 5.75 Å². The Balaban J connectivity index is 2.46. The van der Waals surface area contributed by atoms with E-state index >= 15 is 0 Å². The molecule has 1 aromatic rings. The Morgan fingerprint density at radius 1 is 1.28 bits per heavy atom. The van der Waals surface area contributed by atoms with Crippen LogP contribution in [0, 0.1) is 0 Å². The number of carbonyl (C=O) groups is 1. The van der Waals surface area contributed by atoms with E-state index in [9.17, 15) is 9.90 Å². The van der Waals surface area contributed by atoms with Crippen molar-refractivity contribution < 1.29 is 19.4 Å². The molecule has 0 saturated carbocycles. The quantitative estimate of drug-likeness (QED) is 0.790. The molecule has 0 amide bonds. The number of hydrogen-bond acceptors (Lipinski definition) is 4. The molecule has 0 fully saturated rings. The van der Waals surface area contributed by atoms with E-state index in [1.54, 1.807) is 38.1 Å². The second-order valence-corrected chi connectivity index (χ2v) is 4.32. The lowest BCUT2D eigenvalue weighted by Crippen LogP contribution is -2.18. The van der Waals surface area contributed by atoms with E-state index in [0.717, 1.165) is 5.56 Å². The third-order valence-corrected chi connectivity index (χ3v) is 2.38. The van der Waals surface area contributed by atoms with Gasteiger partial charge in [0.15, 0.2) is 6.61 Å². The van der Waals surface area contributed by atoms with Gasteiger partial charge >= 0.3 is 5.97 Å². The summed E-state index contributed by atoms with van der Waals surface area (Å²) < 4.78 is 10.2. The Kier molecular flexibility index (Phi) is 5.65. The molecule has 0 bridgehead atoms. The molecule has 100 valence electrons. The maximum Gasteiger partial charge on any atom is 0.344 e. The first-order valence-electron chi connectivity index (χ1n) is 6.13. The highest BCUT2D eigenvalue weighted by Gasteiger charge is 2.07. The van der Waals surface area contributed by atoms with Crippen LogP contribution in [0.25, 0.3) is 0 Å². The van der Waals surface area contributed by atoms with Crippen molar-refractivity contribution in [2.45, 2.75) is 39.4 Å². The zero-order valence-corrected chi connectivity index (χ0v) is 11.1. The van der Waals surface area contributed by atoms with Crippen LogP contribution >= 0.6 is 0 Å². The number of aliphatic hydroxyl groups excluding tert-OH is 1. The molecular weight excluding hydrogens is 232 g/mol. The highest BCUT2D eigenvalue weighted by atomic mass is 16.6. The first kappa shape index (κ1) is 14.5. The molecule has 0 unspecified atom stereocenters. The van der Waals surface area contributed by atoms with Gasteiger partial charge in [-0.05, 0) is 38.0 Å². The molecular formula is C14H20O4. The largest absolute Gasteiger partial charge is 0.482 e. The standard InChI is InChI=1S/C14H20O4/c1-4-13(15)11-5-7-12(8-6-11)17-9-14(16)18-10(2)3/h5-8,10,13,15H,4,9H2,1-3H3/t13-/m0/s1. The topological polar surface area (TPSA) is 55.8 Å². The molecule has 18 heavy (non-hydrogen) atoms. The smallest absolute Gasteiger partial charge is 0.344 e. The average molecular weight is 252 g/mol. The summed E-state index contributed by atoms with van der Waals surface area (Å²) in [4.78, 5) is 11.3. The van der Waals surface area contributed by atoms with Crippen molar-refractivity contribution >= 4 is 5.97 Å². The SMILES string of the molecule is CC[C@H](O)c1ccc(OCC(=O)OC(C)C)cc1. The highest BCUT2D eigenvalue weighted by Crippen LogP contribution is 2.19. The molecule has 4 heteroatoms. The van der Waals surface area contributed by atoms with Gasteiger partial charge in [0, 0.05) is 0 Å². The van der Waals surface area contributed by atoms with E-state index in [-0.39, 0.29) is 18.7 Å². The van der Waals surface area contributed by atoms with Crippen LogP contribution in [0.15, 0.2) is 24.3 Å². The summed E-state index contributed by atoms with van der Waals surface area (Å²) in [7, 11) is 0. The normalized spacial score (nSPS) is 12.3. The van der Waals surface area contributed by atoms with Gasteiger partial charge in [-0.15, -0.1) is 0 Å². The molecule has 0 aliphatic heterocycles. The molecule has 0 aliphatic carbocycles. The second kappa shape index (κ2) is 7.01. The molecule has 0 radical (unpaired) electrons. The maximum atomic E-state index is 11.3. The monoisotopic (exact) mass is 252 g/mol. The van der Waals surface area contributed by atoms with Gasteiger partial charge in [0.25, 0.3) is 0 Å². The van der Waals surface area contributed by atoms with Crippen LogP contribution in [0.1, 0.15) is 38.9 Å². The fraction of sp³-hybridized carbons (Fsp3) is 0.500. The van der Waals surface area contributed by atoms with E-state index < -0.39 is 6.10 Å². The van der Waals surface area contributed by atoms with Crippen molar-refractivity contribution in [3.63, 3.8) is 0 Å². The summed E-state index contributed by atoms with van der Waals surface area (Å²) in [6.45, 7) is 5.39. The van der Waals surface area contributed by atoms with E-state index in [2.05, 4.69) is 0 Å². The zero-order chi connectivity index (χ0) is 13.5. The van der Waals surface area contributed by atoms with Gasteiger partial charge in [-0.2, -0.15) is 0 Å². The number of benzene rings is 1. The first-order valence-corrected chi connectivity index (χ1v) is 6.13. The lowest BCUT2D eigenvalue weighted by Gasteiger charge is -2.11. The molecule has 0 spiro atoms. The van der Waals surface area contributed by atoms with Crippen LogP contribution in [-0.2, 0) is 9.53 Å². The van der Waals surface area contributed by atoms with E-state index in [1.165, 1.54) is 0 Å². The first-order chi connectivity index (χ1) is 8.52. The summed E-state index contributed by atoms with van der Waals surface area (Å²) in [5.74, 6) is 0.199. The van der Waals surface area contributed by atoms with Crippen molar-refractivity contribution in [2.24, 2.45) is 0 Å². The van der Waals surface area contributed by atoms with Crippen molar-refractivity contribution in [1.82, 2.24) is 0 Å². The van der Waals surface area contributed by atoms with Crippen molar-refractivity contribution in [3.8, 4) is 5.75 Å². The van der Waals surface area contributed by atoms with Crippen molar-refractivity contribution in [3.05, 3.63) is 29.8 Å². The highest BCUT2D eigenvalue weighted by molar-refractivity contribution is 5.71. The summed E-state index contributed by atoms with van der Waals surface area (Å²) >= 11 is 0. The Hall–Kier alpha value is -1.55. The van der Waals surface area contributed by atoms with Crippen LogP contribution in [-0.4, -0.2) is 23.8 Å². The summed E-state index contributed by atoms with van der Waals surface area (Å²) in [5.41, 5.74) is 0.842. The fourth-order valence-electron chi connectivity index (χ4n) is 1.46. The van der Waals surface area contributed by atoms with Crippen molar-refractivity contribution in [1.29, 1.82) is 0 Å². The predicted octanol–water partition coefficient (Wildman–Crippen LogP) is 2.46. The summed E-state index contributed by atoms with van der Waals surface area (Å²) in [6, 6.07) is 7.04. The van der Waals surface area contributed by atoms with Crippen LogP contribution < -0.4 is 4.74 Å². The number of ether oxygens (including phenoxy) is 2. The zero-order valence-electron chi connectivity index (χ0n) is 11.1. The van der Waals surface area contributed by atoms with Gasteiger partial charge in [0.1, 0.15) is 5.75 Å². The van der Waals surface area contributed by atoms with Gasteiger partial charge in [-0.3, -0.25) is 0 Å². The number of aliphatic hydroxyl groups is 1. The van der Waals surface area contributed by atoms with Gasteiger partial charge in [0.2, 0.25) is 0 Å². The number of rotatable bonds is 6. The molecule has 4 nitrogen and oxygen atoms in total.